The van der Waals surface area contributed by atoms with Gasteiger partial charge in [-0.2, -0.15) is 0 Å². The standard InChI is InChI=1S/C5H9BrO/c1-5(6)3-2-4-7/h3,7H,2,4H2,1H3/b5-3+. The van der Waals surface area contributed by atoms with Crippen LogP contribution in [0.5, 0.6) is 0 Å². The second kappa shape index (κ2) is 4.34. The van der Waals surface area contributed by atoms with Gasteiger partial charge in [0.15, 0.2) is 0 Å². The van der Waals surface area contributed by atoms with Gasteiger partial charge in [-0.15, -0.1) is 0 Å². The van der Waals surface area contributed by atoms with Crippen molar-refractivity contribution in [3.05, 3.63) is 10.6 Å². The topological polar surface area (TPSA) is 20.2 Å². The Morgan fingerprint density at radius 2 is 2.43 bits per heavy atom. The van der Waals surface area contributed by atoms with Crippen LogP contribution in [-0.2, 0) is 0 Å². The van der Waals surface area contributed by atoms with Gasteiger partial charge in [0.05, 0.1) is 0 Å². The minimum Gasteiger partial charge on any atom is -0.396 e. The summed E-state index contributed by atoms with van der Waals surface area (Å²) in [5.41, 5.74) is 0. The number of aliphatic hydroxyl groups excluding tert-OH is 1. The average Bonchev–Trinajstić information content (AvgIpc) is 1.61. The fourth-order valence-corrected chi connectivity index (χ4v) is 0.492. The van der Waals surface area contributed by atoms with E-state index in [-0.39, 0.29) is 6.61 Å². The molecule has 42 valence electrons. The zero-order valence-corrected chi connectivity index (χ0v) is 5.90. The first-order valence-electron chi connectivity index (χ1n) is 2.20. The fraction of sp³-hybridized carbons (Fsp3) is 0.600. The van der Waals surface area contributed by atoms with Crippen molar-refractivity contribution in [2.75, 3.05) is 6.61 Å². The molecular formula is C5H9BrO. The zero-order chi connectivity index (χ0) is 5.70. The Morgan fingerprint density at radius 3 is 2.57 bits per heavy atom. The molecule has 0 spiro atoms. The number of halogens is 1. The van der Waals surface area contributed by atoms with Gasteiger partial charge < -0.3 is 5.11 Å². The van der Waals surface area contributed by atoms with Crippen LogP contribution in [-0.4, -0.2) is 11.7 Å². The Balaban J connectivity index is 3.08. The molecule has 0 fully saturated rings. The summed E-state index contributed by atoms with van der Waals surface area (Å²) in [4.78, 5) is 0. The Labute approximate surface area is 52.2 Å². The monoisotopic (exact) mass is 164 g/mol. The molecule has 0 bridgehead atoms. The van der Waals surface area contributed by atoms with Gasteiger partial charge in [0.1, 0.15) is 0 Å². The van der Waals surface area contributed by atoms with Gasteiger partial charge in [-0.25, -0.2) is 0 Å². The molecule has 0 saturated carbocycles. The SMILES string of the molecule is C/C(Br)=C\CCO. The van der Waals surface area contributed by atoms with E-state index in [0.29, 0.717) is 0 Å². The van der Waals surface area contributed by atoms with Crippen molar-refractivity contribution in [2.24, 2.45) is 0 Å². The van der Waals surface area contributed by atoms with Crippen LogP contribution in [0.3, 0.4) is 0 Å². The molecule has 0 aromatic carbocycles. The van der Waals surface area contributed by atoms with Crippen LogP contribution in [0.25, 0.3) is 0 Å². The molecule has 0 atom stereocenters. The third-order valence-electron chi connectivity index (χ3n) is 0.555. The molecule has 0 radical (unpaired) electrons. The number of rotatable bonds is 2. The largest absolute Gasteiger partial charge is 0.396 e. The Bertz CT molecular complexity index is 64.5. The van der Waals surface area contributed by atoms with Gasteiger partial charge in [0.2, 0.25) is 0 Å². The van der Waals surface area contributed by atoms with Gasteiger partial charge in [-0.3, -0.25) is 0 Å². The lowest BCUT2D eigenvalue weighted by molar-refractivity contribution is 0.302. The molecule has 1 nitrogen and oxygen atoms in total. The summed E-state index contributed by atoms with van der Waals surface area (Å²) in [7, 11) is 0. The smallest absolute Gasteiger partial charge is 0.0465 e. The predicted molar refractivity (Wildman–Crippen MR) is 34.4 cm³/mol. The normalized spacial score (nSPS) is 12.1. The second-order valence-electron chi connectivity index (χ2n) is 1.30. The summed E-state index contributed by atoms with van der Waals surface area (Å²) >= 11 is 3.23. The van der Waals surface area contributed by atoms with Crippen LogP contribution in [0.4, 0.5) is 0 Å². The number of hydrogen-bond acceptors (Lipinski definition) is 1. The van der Waals surface area contributed by atoms with Crippen molar-refractivity contribution in [3.63, 3.8) is 0 Å². The summed E-state index contributed by atoms with van der Waals surface area (Å²) in [6, 6.07) is 0. The van der Waals surface area contributed by atoms with Crippen LogP contribution in [0.15, 0.2) is 10.6 Å². The van der Waals surface area contributed by atoms with Gasteiger partial charge in [0, 0.05) is 6.61 Å². The average molecular weight is 165 g/mol. The predicted octanol–water partition coefficient (Wildman–Crippen LogP) is 1.67. The Kier molecular flexibility index (Phi) is 4.45. The van der Waals surface area contributed by atoms with Gasteiger partial charge in [-0.1, -0.05) is 22.0 Å². The summed E-state index contributed by atoms with van der Waals surface area (Å²) < 4.78 is 1.08. The van der Waals surface area contributed by atoms with Crippen molar-refractivity contribution in [1.29, 1.82) is 0 Å². The number of allylic oxidation sites excluding steroid dienone is 1. The fourth-order valence-electron chi connectivity index (χ4n) is 0.263. The first kappa shape index (κ1) is 7.18. The third kappa shape index (κ3) is 6.18. The molecule has 2 heteroatoms. The van der Waals surface area contributed by atoms with E-state index in [0.717, 1.165) is 10.9 Å². The summed E-state index contributed by atoms with van der Waals surface area (Å²) in [5.74, 6) is 0. The van der Waals surface area contributed by atoms with Gasteiger partial charge >= 0.3 is 0 Å². The van der Waals surface area contributed by atoms with E-state index in [1.165, 1.54) is 0 Å². The molecule has 0 rings (SSSR count). The van der Waals surface area contributed by atoms with E-state index in [1.54, 1.807) is 0 Å². The Hall–Kier alpha value is 0.180. The van der Waals surface area contributed by atoms with Crippen molar-refractivity contribution in [1.82, 2.24) is 0 Å². The first-order valence-corrected chi connectivity index (χ1v) is 3.00. The van der Waals surface area contributed by atoms with Crippen molar-refractivity contribution in [2.45, 2.75) is 13.3 Å². The molecule has 1 N–H and O–H groups in total. The van der Waals surface area contributed by atoms with Crippen LogP contribution in [0.2, 0.25) is 0 Å². The van der Waals surface area contributed by atoms with Crippen molar-refractivity contribution < 1.29 is 5.11 Å². The van der Waals surface area contributed by atoms with Crippen LogP contribution < -0.4 is 0 Å². The molecule has 0 unspecified atom stereocenters. The molecule has 0 aromatic heterocycles. The van der Waals surface area contributed by atoms with E-state index in [9.17, 15) is 0 Å². The van der Waals surface area contributed by atoms with E-state index < -0.39 is 0 Å². The van der Waals surface area contributed by atoms with Crippen LogP contribution >= 0.6 is 15.9 Å². The Morgan fingerprint density at radius 1 is 1.86 bits per heavy atom. The molecule has 0 amide bonds. The highest BCUT2D eigenvalue weighted by Gasteiger charge is 1.75. The van der Waals surface area contributed by atoms with E-state index in [2.05, 4.69) is 15.9 Å². The van der Waals surface area contributed by atoms with Crippen LogP contribution in [0.1, 0.15) is 13.3 Å². The lowest BCUT2D eigenvalue weighted by atomic mass is 10.4. The summed E-state index contributed by atoms with van der Waals surface area (Å²) in [5, 5.41) is 8.25. The minimum atomic E-state index is 0.239. The maximum Gasteiger partial charge on any atom is 0.0465 e. The number of aliphatic hydroxyl groups is 1. The molecule has 0 aliphatic carbocycles. The molecule has 0 aliphatic rings. The maximum absolute atomic E-state index is 8.25. The minimum absolute atomic E-state index is 0.239. The van der Waals surface area contributed by atoms with Gasteiger partial charge in [0.25, 0.3) is 0 Å². The maximum atomic E-state index is 8.25. The first-order chi connectivity index (χ1) is 3.27. The van der Waals surface area contributed by atoms with Crippen molar-refractivity contribution in [3.8, 4) is 0 Å². The second-order valence-corrected chi connectivity index (χ2v) is 2.55. The van der Waals surface area contributed by atoms with E-state index in [1.807, 2.05) is 13.0 Å². The van der Waals surface area contributed by atoms with Gasteiger partial charge in [-0.05, 0) is 17.8 Å². The molecule has 0 heterocycles. The van der Waals surface area contributed by atoms with E-state index >= 15 is 0 Å². The molecular weight excluding hydrogens is 156 g/mol. The summed E-state index contributed by atoms with van der Waals surface area (Å²) in [6.07, 6.45) is 2.68. The lowest BCUT2D eigenvalue weighted by Crippen LogP contribution is -1.74. The highest BCUT2D eigenvalue weighted by atomic mass is 79.9. The molecule has 7 heavy (non-hydrogen) atoms. The quantitative estimate of drug-likeness (QED) is 0.659. The number of hydrogen-bond donors (Lipinski definition) is 1. The highest BCUT2D eigenvalue weighted by Crippen LogP contribution is 2.01. The third-order valence-corrected chi connectivity index (χ3v) is 0.878. The molecule has 0 aromatic rings. The highest BCUT2D eigenvalue weighted by molar-refractivity contribution is 9.11. The molecule has 0 saturated heterocycles. The lowest BCUT2D eigenvalue weighted by Gasteiger charge is -1.83. The van der Waals surface area contributed by atoms with Crippen LogP contribution in [0, 0.1) is 0 Å². The van der Waals surface area contributed by atoms with E-state index in [4.69, 9.17) is 5.11 Å². The van der Waals surface area contributed by atoms with Crippen molar-refractivity contribution >= 4 is 15.9 Å². The zero-order valence-electron chi connectivity index (χ0n) is 4.32. The summed E-state index contributed by atoms with van der Waals surface area (Å²) in [6.45, 7) is 2.18. The molecule has 0 aliphatic heterocycles.